The van der Waals surface area contributed by atoms with Crippen LogP contribution >= 0.6 is 0 Å². The van der Waals surface area contributed by atoms with Gasteiger partial charge in [0, 0.05) is 25.2 Å². The highest BCUT2D eigenvalue weighted by Gasteiger charge is 2.35. The molecule has 4 heteroatoms. The maximum atomic E-state index is 10.8. The van der Waals surface area contributed by atoms with Gasteiger partial charge in [0.2, 0.25) is 0 Å². The molecule has 112 valence electrons. The molecule has 3 rings (SSSR count). The Labute approximate surface area is 121 Å². The number of hydrogen-bond acceptors (Lipinski definition) is 3. The highest BCUT2D eigenvalue weighted by Crippen LogP contribution is 2.31. The van der Waals surface area contributed by atoms with Gasteiger partial charge in [-0.25, -0.2) is 0 Å². The Morgan fingerprint density at radius 3 is 2.85 bits per heavy atom. The van der Waals surface area contributed by atoms with Crippen LogP contribution in [-0.2, 0) is 6.42 Å². The number of hydrogen-bond donors (Lipinski definition) is 1. The van der Waals surface area contributed by atoms with Crippen LogP contribution in [0.15, 0.2) is 12.3 Å². The van der Waals surface area contributed by atoms with Crippen molar-refractivity contribution in [2.24, 2.45) is 0 Å². The highest BCUT2D eigenvalue weighted by molar-refractivity contribution is 5.06. The molecule has 1 aromatic heterocycles. The van der Waals surface area contributed by atoms with Crippen molar-refractivity contribution in [3.05, 3.63) is 18.0 Å². The zero-order valence-electron chi connectivity index (χ0n) is 12.8. The summed E-state index contributed by atoms with van der Waals surface area (Å²) in [4.78, 5) is 2.32. The first-order valence-electron chi connectivity index (χ1n) is 8.02. The molecular formula is C16H27N3O. The molecule has 4 nitrogen and oxygen atoms in total. The average Bonchev–Trinajstić information content (AvgIpc) is 3.04. The molecule has 2 unspecified atom stereocenters. The van der Waals surface area contributed by atoms with Gasteiger partial charge in [0.1, 0.15) is 0 Å². The summed E-state index contributed by atoms with van der Waals surface area (Å²) < 4.78 is 2.13. The topological polar surface area (TPSA) is 41.3 Å². The molecule has 2 fully saturated rings. The molecule has 1 aliphatic heterocycles. The van der Waals surface area contributed by atoms with Crippen LogP contribution in [0.4, 0.5) is 0 Å². The lowest BCUT2D eigenvalue weighted by molar-refractivity contribution is -0.0360. The van der Waals surface area contributed by atoms with Crippen LogP contribution in [0.3, 0.4) is 0 Å². The van der Waals surface area contributed by atoms with E-state index < -0.39 is 5.60 Å². The zero-order chi connectivity index (χ0) is 14.2. The zero-order valence-corrected chi connectivity index (χ0v) is 12.8. The van der Waals surface area contributed by atoms with Crippen molar-refractivity contribution in [2.45, 2.75) is 69.6 Å². The highest BCUT2D eigenvalue weighted by atomic mass is 16.3. The van der Waals surface area contributed by atoms with Crippen molar-refractivity contribution in [3.63, 3.8) is 0 Å². The van der Waals surface area contributed by atoms with E-state index in [9.17, 15) is 5.11 Å². The van der Waals surface area contributed by atoms with Gasteiger partial charge in [-0.3, -0.25) is 4.68 Å². The van der Waals surface area contributed by atoms with Crippen LogP contribution < -0.4 is 0 Å². The number of likely N-dealkylation sites (tertiary alicyclic amines) is 1. The van der Waals surface area contributed by atoms with Gasteiger partial charge in [-0.2, -0.15) is 5.10 Å². The van der Waals surface area contributed by atoms with Crippen molar-refractivity contribution < 1.29 is 5.11 Å². The van der Waals surface area contributed by atoms with Crippen LogP contribution in [-0.4, -0.2) is 45.0 Å². The largest absolute Gasteiger partial charge is 0.389 e. The van der Waals surface area contributed by atoms with E-state index in [1.807, 2.05) is 0 Å². The standard InChI is InChI=1S/C16H27N3O/c1-13-11-16(20,8-10-18(13)2)12-14-7-9-19(17-14)15-5-3-4-6-15/h7,9,13,15,20H,3-6,8,10-12H2,1-2H3. The van der Waals surface area contributed by atoms with Crippen LogP contribution in [0.1, 0.15) is 57.2 Å². The molecule has 1 aromatic rings. The number of rotatable bonds is 3. The van der Waals surface area contributed by atoms with Gasteiger partial charge >= 0.3 is 0 Å². The summed E-state index contributed by atoms with van der Waals surface area (Å²) in [5.41, 5.74) is 0.483. The lowest BCUT2D eigenvalue weighted by atomic mass is 9.84. The van der Waals surface area contributed by atoms with Crippen LogP contribution in [0.5, 0.6) is 0 Å². The van der Waals surface area contributed by atoms with E-state index in [0.717, 1.165) is 25.1 Å². The molecule has 0 aromatic carbocycles. The number of aliphatic hydroxyl groups is 1. The first kappa shape index (κ1) is 14.1. The summed E-state index contributed by atoms with van der Waals surface area (Å²) in [6.07, 6.45) is 9.67. The third kappa shape index (κ3) is 2.91. The number of nitrogens with zero attached hydrogens (tertiary/aromatic N) is 3. The van der Waals surface area contributed by atoms with Gasteiger partial charge in [-0.05, 0) is 45.7 Å². The molecule has 0 radical (unpaired) electrons. The van der Waals surface area contributed by atoms with E-state index in [-0.39, 0.29) is 0 Å². The second kappa shape index (κ2) is 5.49. The predicted molar refractivity (Wildman–Crippen MR) is 79.7 cm³/mol. The van der Waals surface area contributed by atoms with Gasteiger partial charge in [-0.1, -0.05) is 12.8 Å². The molecule has 1 aliphatic carbocycles. The molecule has 0 spiro atoms. The van der Waals surface area contributed by atoms with Crippen LogP contribution in [0.25, 0.3) is 0 Å². The summed E-state index contributed by atoms with van der Waals surface area (Å²) in [5, 5.41) is 15.5. The van der Waals surface area contributed by atoms with E-state index in [0.29, 0.717) is 18.5 Å². The quantitative estimate of drug-likeness (QED) is 0.922. The molecule has 1 saturated heterocycles. The van der Waals surface area contributed by atoms with E-state index in [4.69, 9.17) is 5.10 Å². The summed E-state index contributed by atoms with van der Waals surface area (Å²) >= 11 is 0. The fraction of sp³-hybridized carbons (Fsp3) is 0.812. The second-order valence-corrected chi connectivity index (χ2v) is 6.91. The van der Waals surface area contributed by atoms with Gasteiger partial charge in [-0.15, -0.1) is 0 Å². The summed E-state index contributed by atoms with van der Waals surface area (Å²) in [6.45, 7) is 3.17. The Kier molecular flexibility index (Phi) is 3.87. The molecule has 1 saturated carbocycles. The van der Waals surface area contributed by atoms with E-state index in [1.165, 1.54) is 25.7 Å². The summed E-state index contributed by atoms with van der Waals surface area (Å²) in [6, 6.07) is 3.14. The van der Waals surface area contributed by atoms with Gasteiger partial charge in [0.25, 0.3) is 0 Å². The Morgan fingerprint density at radius 1 is 1.40 bits per heavy atom. The van der Waals surface area contributed by atoms with Crippen molar-refractivity contribution >= 4 is 0 Å². The maximum absolute atomic E-state index is 10.8. The summed E-state index contributed by atoms with van der Waals surface area (Å²) in [7, 11) is 2.14. The van der Waals surface area contributed by atoms with Crippen LogP contribution in [0, 0.1) is 0 Å². The number of piperidine rings is 1. The van der Waals surface area contributed by atoms with Crippen molar-refractivity contribution in [3.8, 4) is 0 Å². The molecule has 20 heavy (non-hydrogen) atoms. The number of aromatic nitrogens is 2. The van der Waals surface area contributed by atoms with Crippen molar-refractivity contribution in [1.82, 2.24) is 14.7 Å². The fourth-order valence-corrected chi connectivity index (χ4v) is 3.75. The van der Waals surface area contributed by atoms with Gasteiger partial charge in [0.15, 0.2) is 0 Å². The van der Waals surface area contributed by atoms with Crippen molar-refractivity contribution in [2.75, 3.05) is 13.6 Å². The molecule has 0 bridgehead atoms. The molecule has 1 N–H and O–H groups in total. The normalized spacial score (nSPS) is 32.9. The van der Waals surface area contributed by atoms with E-state index in [1.54, 1.807) is 0 Å². The molecule has 2 heterocycles. The SMILES string of the molecule is CC1CC(O)(Cc2ccn(C3CCCC3)n2)CCN1C. The third-order valence-electron chi connectivity index (χ3n) is 5.23. The monoisotopic (exact) mass is 277 g/mol. The lowest BCUT2D eigenvalue weighted by Gasteiger charge is -2.40. The smallest absolute Gasteiger partial charge is 0.0730 e. The fourth-order valence-electron chi connectivity index (χ4n) is 3.75. The minimum absolute atomic E-state index is 0.450. The minimum Gasteiger partial charge on any atom is -0.389 e. The Morgan fingerprint density at radius 2 is 2.15 bits per heavy atom. The van der Waals surface area contributed by atoms with Crippen LogP contribution in [0.2, 0.25) is 0 Å². The van der Waals surface area contributed by atoms with Crippen molar-refractivity contribution in [1.29, 1.82) is 0 Å². The predicted octanol–water partition coefficient (Wildman–Crippen LogP) is 2.39. The third-order valence-corrected chi connectivity index (χ3v) is 5.23. The first-order chi connectivity index (χ1) is 9.56. The molecule has 0 amide bonds. The average molecular weight is 277 g/mol. The second-order valence-electron chi connectivity index (χ2n) is 6.91. The minimum atomic E-state index is -0.569. The van der Waals surface area contributed by atoms with Gasteiger partial charge in [0.05, 0.1) is 17.3 Å². The first-order valence-corrected chi connectivity index (χ1v) is 8.02. The molecule has 2 atom stereocenters. The molecule has 2 aliphatic rings. The summed E-state index contributed by atoms with van der Waals surface area (Å²) in [5.74, 6) is 0. The van der Waals surface area contributed by atoms with Gasteiger partial charge < -0.3 is 10.0 Å². The Balaban J connectivity index is 1.65. The lowest BCUT2D eigenvalue weighted by Crippen LogP contribution is -2.48. The van der Waals surface area contributed by atoms with E-state index >= 15 is 0 Å². The van der Waals surface area contributed by atoms with E-state index in [2.05, 4.69) is 35.8 Å². The molecular weight excluding hydrogens is 250 g/mol. The Bertz CT molecular complexity index is 452. The maximum Gasteiger partial charge on any atom is 0.0730 e. The Hall–Kier alpha value is -0.870.